The highest BCUT2D eigenvalue weighted by Crippen LogP contribution is 2.03. The average molecular weight is 235 g/mol. The number of carbonyl (C=O) groups is 1. The number of rotatable bonds is 7. The third-order valence-corrected chi connectivity index (χ3v) is 2.78. The summed E-state index contributed by atoms with van der Waals surface area (Å²) in [6, 6.07) is 9.79. The Labute approximate surface area is 103 Å². The molecule has 94 valence electrons. The van der Waals surface area contributed by atoms with Crippen LogP contribution in [-0.4, -0.2) is 36.1 Å². The van der Waals surface area contributed by atoms with E-state index in [-0.39, 0.29) is 12.5 Å². The maximum atomic E-state index is 11.9. The lowest BCUT2D eigenvalue weighted by Crippen LogP contribution is -2.29. The normalized spacial score (nSPS) is 10.2. The number of carbonyl (C=O) groups excluding carboxylic acids is 1. The molecule has 0 fully saturated rings. The number of likely N-dealkylation sites (N-methyl/N-ethyl adjacent to an activating group) is 1. The van der Waals surface area contributed by atoms with Gasteiger partial charge >= 0.3 is 0 Å². The van der Waals surface area contributed by atoms with Crippen molar-refractivity contribution in [3.8, 4) is 0 Å². The van der Waals surface area contributed by atoms with Gasteiger partial charge in [-0.15, -0.1) is 0 Å². The zero-order chi connectivity index (χ0) is 12.5. The van der Waals surface area contributed by atoms with Gasteiger partial charge in [-0.1, -0.05) is 30.3 Å². The lowest BCUT2D eigenvalue weighted by molar-refractivity contribution is -0.129. The standard InChI is InChI=1S/C14H21NO2/c1-15(10-6-3-7-11-16)14(17)12-13-8-4-2-5-9-13/h2,4-5,8-9,16H,3,6-7,10-12H2,1H3. The molecule has 0 atom stereocenters. The maximum absolute atomic E-state index is 11.9. The second kappa shape index (κ2) is 7.85. The Hall–Kier alpha value is -1.35. The molecule has 0 aliphatic heterocycles. The minimum absolute atomic E-state index is 0.153. The molecule has 3 heteroatoms. The van der Waals surface area contributed by atoms with Crippen LogP contribution in [0.3, 0.4) is 0 Å². The first-order chi connectivity index (χ1) is 8.24. The molecular formula is C14H21NO2. The van der Waals surface area contributed by atoms with Gasteiger partial charge in [0, 0.05) is 20.2 Å². The van der Waals surface area contributed by atoms with Crippen LogP contribution in [0.15, 0.2) is 30.3 Å². The molecule has 0 saturated heterocycles. The van der Waals surface area contributed by atoms with Crippen molar-refractivity contribution in [2.45, 2.75) is 25.7 Å². The molecule has 0 bridgehead atoms. The van der Waals surface area contributed by atoms with Crippen LogP contribution in [0, 0.1) is 0 Å². The smallest absolute Gasteiger partial charge is 0.226 e. The summed E-state index contributed by atoms with van der Waals surface area (Å²) in [5, 5.41) is 8.65. The van der Waals surface area contributed by atoms with Crippen molar-refractivity contribution in [2.75, 3.05) is 20.2 Å². The Balaban J connectivity index is 2.27. The second-order valence-corrected chi connectivity index (χ2v) is 4.26. The SMILES string of the molecule is CN(CCCCCO)C(=O)Cc1ccccc1. The molecule has 1 amide bonds. The highest BCUT2D eigenvalue weighted by atomic mass is 16.2. The summed E-state index contributed by atoms with van der Waals surface area (Å²) >= 11 is 0. The van der Waals surface area contributed by atoms with Crippen LogP contribution in [0.5, 0.6) is 0 Å². The maximum Gasteiger partial charge on any atom is 0.226 e. The van der Waals surface area contributed by atoms with Crippen molar-refractivity contribution in [3.63, 3.8) is 0 Å². The molecule has 0 spiro atoms. The molecule has 3 nitrogen and oxygen atoms in total. The molecule has 0 radical (unpaired) electrons. The van der Waals surface area contributed by atoms with E-state index in [1.54, 1.807) is 4.90 Å². The lowest BCUT2D eigenvalue weighted by Gasteiger charge is -2.17. The highest BCUT2D eigenvalue weighted by Gasteiger charge is 2.08. The van der Waals surface area contributed by atoms with E-state index in [9.17, 15) is 4.79 Å². The van der Waals surface area contributed by atoms with E-state index in [4.69, 9.17) is 5.11 Å². The summed E-state index contributed by atoms with van der Waals surface area (Å²) in [5.74, 6) is 0.153. The molecule has 0 aliphatic carbocycles. The molecule has 1 aromatic carbocycles. The number of hydrogen-bond donors (Lipinski definition) is 1. The van der Waals surface area contributed by atoms with E-state index in [0.717, 1.165) is 31.4 Å². The summed E-state index contributed by atoms with van der Waals surface area (Å²) in [4.78, 5) is 13.6. The van der Waals surface area contributed by atoms with Gasteiger partial charge in [0.25, 0.3) is 0 Å². The second-order valence-electron chi connectivity index (χ2n) is 4.26. The van der Waals surface area contributed by atoms with Gasteiger partial charge in [0.1, 0.15) is 0 Å². The van der Waals surface area contributed by atoms with Gasteiger partial charge < -0.3 is 10.0 Å². The minimum Gasteiger partial charge on any atom is -0.396 e. The van der Waals surface area contributed by atoms with Gasteiger partial charge in [-0.05, 0) is 24.8 Å². The fraction of sp³-hybridized carbons (Fsp3) is 0.500. The molecule has 0 heterocycles. The van der Waals surface area contributed by atoms with Crippen molar-refractivity contribution in [3.05, 3.63) is 35.9 Å². The number of aliphatic hydroxyl groups excluding tert-OH is 1. The van der Waals surface area contributed by atoms with Crippen LogP contribution >= 0.6 is 0 Å². The van der Waals surface area contributed by atoms with E-state index in [1.807, 2.05) is 37.4 Å². The van der Waals surface area contributed by atoms with Crippen LogP contribution in [0.1, 0.15) is 24.8 Å². The quantitative estimate of drug-likeness (QED) is 0.733. The molecular weight excluding hydrogens is 214 g/mol. The first-order valence-corrected chi connectivity index (χ1v) is 6.13. The largest absolute Gasteiger partial charge is 0.396 e. The van der Waals surface area contributed by atoms with Crippen LogP contribution in [0.25, 0.3) is 0 Å². The molecule has 0 saturated carbocycles. The number of benzene rings is 1. The monoisotopic (exact) mass is 235 g/mol. The van der Waals surface area contributed by atoms with Gasteiger partial charge in [-0.2, -0.15) is 0 Å². The number of unbranched alkanes of at least 4 members (excludes halogenated alkanes) is 2. The minimum atomic E-state index is 0.153. The fourth-order valence-electron chi connectivity index (χ4n) is 1.67. The Morgan fingerprint density at radius 1 is 1.18 bits per heavy atom. The molecule has 0 aromatic heterocycles. The molecule has 0 aliphatic rings. The lowest BCUT2D eigenvalue weighted by atomic mass is 10.1. The summed E-state index contributed by atoms with van der Waals surface area (Å²) < 4.78 is 0. The molecule has 1 N–H and O–H groups in total. The van der Waals surface area contributed by atoms with Crippen molar-refractivity contribution in [1.82, 2.24) is 4.90 Å². The first kappa shape index (κ1) is 13.7. The predicted molar refractivity (Wildman–Crippen MR) is 68.7 cm³/mol. The van der Waals surface area contributed by atoms with Crippen molar-refractivity contribution in [2.24, 2.45) is 0 Å². The van der Waals surface area contributed by atoms with Gasteiger partial charge in [0.2, 0.25) is 5.91 Å². The topological polar surface area (TPSA) is 40.5 Å². The Morgan fingerprint density at radius 3 is 2.53 bits per heavy atom. The van der Waals surface area contributed by atoms with E-state index >= 15 is 0 Å². The Bertz CT molecular complexity index is 324. The zero-order valence-electron chi connectivity index (χ0n) is 10.4. The number of aliphatic hydroxyl groups is 1. The van der Waals surface area contributed by atoms with Gasteiger partial charge in [-0.25, -0.2) is 0 Å². The molecule has 1 rings (SSSR count). The van der Waals surface area contributed by atoms with Crippen molar-refractivity contribution < 1.29 is 9.90 Å². The number of amides is 1. The van der Waals surface area contributed by atoms with Crippen LogP contribution in [-0.2, 0) is 11.2 Å². The number of nitrogens with zero attached hydrogens (tertiary/aromatic N) is 1. The summed E-state index contributed by atoms with van der Waals surface area (Å²) in [6.07, 6.45) is 3.22. The zero-order valence-corrected chi connectivity index (χ0v) is 10.4. The van der Waals surface area contributed by atoms with Crippen LogP contribution in [0.2, 0.25) is 0 Å². The highest BCUT2D eigenvalue weighted by molar-refractivity contribution is 5.78. The average Bonchev–Trinajstić information content (AvgIpc) is 2.35. The molecule has 0 unspecified atom stereocenters. The third-order valence-electron chi connectivity index (χ3n) is 2.78. The van der Waals surface area contributed by atoms with Gasteiger partial charge in [0.05, 0.1) is 6.42 Å². The van der Waals surface area contributed by atoms with E-state index in [1.165, 1.54) is 0 Å². The van der Waals surface area contributed by atoms with Crippen LogP contribution < -0.4 is 0 Å². The van der Waals surface area contributed by atoms with E-state index < -0.39 is 0 Å². The summed E-state index contributed by atoms with van der Waals surface area (Å²) in [5.41, 5.74) is 1.06. The van der Waals surface area contributed by atoms with Gasteiger partial charge in [0.15, 0.2) is 0 Å². The first-order valence-electron chi connectivity index (χ1n) is 6.13. The Kier molecular flexibility index (Phi) is 6.33. The fourth-order valence-corrected chi connectivity index (χ4v) is 1.67. The van der Waals surface area contributed by atoms with E-state index in [0.29, 0.717) is 6.42 Å². The van der Waals surface area contributed by atoms with Crippen molar-refractivity contribution >= 4 is 5.91 Å². The third kappa shape index (κ3) is 5.50. The number of hydrogen-bond acceptors (Lipinski definition) is 2. The summed E-state index contributed by atoms with van der Waals surface area (Å²) in [6.45, 7) is 1.01. The van der Waals surface area contributed by atoms with Crippen molar-refractivity contribution in [1.29, 1.82) is 0 Å². The molecule has 17 heavy (non-hydrogen) atoms. The summed E-state index contributed by atoms with van der Waals surface area (Å²) in [7, 11) is 1.84. The van der Waals surface area contributed by atoms with Gasteiger partial charge in [-0.3, -0.25) is 4.79 Å². The van der Waals surface area contributed by atoms with Crippen LogP contribution in [0.4, 0.5) is 0 Å². The van der Waals surface area contributed by atoms with E-state index in [2.05, 4.69) is 0 Å². The predicted octanol–water partition coefficient (Wildman–Crippen LogP) is 1.85. The molecule has 1 aromatic rings. The Morgan fingerprint density at radius 2 is 1.88 bits per heavy atom.